The van der Waals surface area contributed by atoms with Crippen molar-refractivity contribution >= 4 is 23.2 Å². The van der Waals surface area contributed by atoms with Crippen LogP contribution in [0.5, 0.6) is 0 Å². The summed E-state index contributed by atoms with van der Waals surface area (Å²) in [6.45, 7) is 6.02. The van der Waals surface area contributed by atoms with Gasteiger partial charge in [-0.05, 0) is 43.0 Å². The molecule has 0 radical (unpaired) electrons. The topological polar surface area (TPSA) is 20.2 Å². The maximum atomic E-state index is 10.3. The van der Waals surface area contributed by atoms with E-state index in [1.165, 1.54) is 0 Å². The van der Waals surface area contributed by atoms with E-state index in [1.807, 2.05) is 13.0 Å². The quantitative estimate of drug-likeness (QED) is 0.855. The molecule has 0 fully saturated rings. The van der Waals surface area contributed by atoms with Crippen molar-refractivity contribution in [2.75, 3.05) is 0 Å². The average Bonchev–Trinajstić information content (AvgIpc) is 2.08. The lowest BCUT2D eigenvalue weighted by Crippen LogP contribution is -2.29. The first kappa shape index (κ1) is 13.8. The first-order valence-corrected chi connectivity index (χ1v) is 6.22. The van der Waals surface area contributed by atoms with Crippen LogP contribution in [0, 0.1) is 5.92 Å². The maximum Gasteiger partial charge on any atom is 0.0662 e. The summed E-state index contributed by atoms with van der Waals surface area (Å²) in [7, 11) is 0. The van der Waals surface area contributed by atoms with Gasteiger partial charge in [0.2, 0.25) is 0 Å². The summed E-state index contributed by atoms with van der Waals surface area (Å²) in [5.41, 5.74) is 0.169. The first-order valence-electron chi connectivity index (χ1n) is 5.46. The fourth-order valence-corrected chi connectivity index (χ4v) is 2.42. The lowest BCUT2D eigenvalue weighted by molar-refractivity contribution is 0.0388. The van der Waals surface area contributed by atoms with Crippen molar-refractivity contribution in [3.05, 3.63) is 33.8 Å². The van der Waals surface area contributed by atoms with E-state index in [1.54, 1.807) is 12.1 Å². The van der Waals surface area contributed by atoms with Crippen LogP contribution in [0.1, 0.15) is 32.8 Å². The van der Waals surface area contributed by atoms with Crippen molar-refractivity contribution in [3.8, 4) is 0 Å². The third-order valence-corrected chi connectivity index (χ3v) is 3.03. The number of halogens is 2. The summed E-state index contributed by atoms with van der Waals surface area (Å²) >= 11 is 12.0. The van der Waals surface area contributed by atoms with Crippen LogP contribution >= 0.6 is 23.2 Å². The molecule has 1 nitrogen and oxygen atoms in total. The standard InChI is InChI=1S/C13H18Cl2O/c1-9(2)7-13(3,16)8-10-6-11(14)4-5-12(10)15/h4-6,9,16H,7-8H2,1-3H3. The Balaban J connectivity index is 2.82. The Morgan fingerprint density at radius 3 is 2.50 bits per heavy atom. The van der Waals surface area contributed by atoms with Gasteiger partial charge in [-0.3, -0.25) is 0 Å². The van der Waals surface area contributed by atoms with Gasteiger partial charge >= 0.3 is 0 Å². The Morgan fingerprint density at radius 1 is 1.31 bits per heavy atom. The molecule has 0 heterocycles. The highest BCUT2D eigenvalue weighted by Gasteiger charge is 2.23. The number of hydrogen-bond donors (Lipinski definition) is 1. The molecular formula is C13H18Cl2O. The molecule has 0 bridgehead atoms. The number of hydrogen-bond acceptors (Lipinski definition) is 1. The Kier molecular flexibility index (Phi) is 4.66. The fraction of sp³-hybridized carbons (Fsp3) is 0.538. The first-order chi connectivity index (χ1) is 7.30. The molecule has 0 spiro atoms. The molecule has 1 atom stereocenters. The van der Waals surface area contributed by atoms with Gasteiger partial charge < -0.3 is 5.11 Å². The lowest BCUT2D eigenvalue weighted by Gasteiger charge is -2.25. The van der Waals surface area contributed by atoms with Gasteiger partial charge in [0.05, 0.1) is 5.60 Å². The van der Waals surface area contributed by atoms with Crippen molar-refractivity contribution in [2.45, 2.75) is 39.2 Å². The molecule has 0 aliphatic carbocycles. The van der Waals surface area contributed by atoms with E-state index in [9.17, 15) is 5.11 Å². The van der Waals surface area contributed by atoms with Gasteiger partial charge in [-0.2, -0.15) is 0 Å². The molecule has 1 N–H and O–H groups in total. The van der Waals surface area contributed by atoms with E-state index in [0.29, 0.717) is 22.4 Å². The third-order valence-electron chi connectivity index (χ3n) is 2.43. The molecule has 1 aromatic rings. The van der Waals surface area contributed by atoms with Gasteiger partial charge in [0, 0.05) is 16.5 Å². The summed E-state index contributed by atoms with van der Waals surface area (Å²) in [6.07, 6.45) is 1.28. The summed E-state index contributed by atoms with van der Waals surface area (Å²) in [4.78, 5) is 0. The normalized spacial score (nSPS) is 15.2. The second-order valence-corrected chi connectivity index (χ2v) is 5.85. The van der Waals surface area contributed by atoms with E-state index in [2.05, 4.69) is 13.8 Å². The van der Waals surface area contributed by atoms with Crippen molar-refractivity contribution in [1.29, 1.82) is 0 Å². The molecule has 0 aliphatic heterocycles. The summed E-state index contributed by atoms with van der Waals surface area (Å²) in [5.74, 6) is 0.452. The van der Waals surface area contributed by atoms with Crippen LogP contribution in [0.3, 0.4) is 0 Å². The predicted molar refractivity (Wildman–Crippen MR) is 70.2 cm³/mol. The predicted octanol–water partition coefficient (Wildman–Crippen LogP) is 4.33. The lowest BCUT2D eigenvalue weighted by atomic mass is 9.88. The molecule has 3 heteroatoms. The van der Waals surface area contributed by atoms with Gasteiger partial charge in [-0.15, -0.1) is 0 Å². The van der Waals surface area contributed by atoms with Crippen molar-refractivity contribution in [3.63, 3.8) is 0 Å². The van der Waals surface area contributed by atoms with Gasteiger partial charge in [0.25, 0.3) is 0 Å². The van der Waals surface area contributed by atoms with Crippen LogP contribution in [0.15, 0.2) is 18.2 Å². The zero-order chi connectivity index (χ0) is 12.3. The minimum absolute atomic E-state index is 0.452. The van der Waals surface area contributed by atoms with Gasteiger partial charge in [-0.25, -0.2) is 0 Å². The molecule has 0 saturated carbocycles. The van der Waals surface area contributed by atoms with Crippen LogP contribution in [0.25, 0.3) is 0 Å². The maximum absolute atomic E-state index is 10.3. The zero-order valence-electron chi connectivity index (χ0n) is 9.93. The van der Waals surface area contributed by atoms with Crippen molar-refractivity contribution in [2.24, 2.45) is 5.92 Å². The average molecular weight is 261 g/mol. The summed E-state index contributed by atoms with van der Waals surface area (Å²) in [5, 5.41) is 11.6. The second-order valence-electron chi connectivity index (χ2n) is 5.01. The summed E-state index contributed by atoms with van der Waals surface area (Å²) in [6, 6.07) is 5.34. The van der Waals surface area contributed by atoms with Crippen LogP contribution in [0.2, 0.25) is 10.0 Å². The Labute approximate surface area is 107 Å². The van der Waals surface area contributed by atoms with Crippen LogP contribution in [0.4, 0.5) is 0 Å². The molecule has 0 saturated heterocycles. The molecule has 0 aliphatic rings. The Morgan fingerprint density at radius 2 is 1.94 bits per heavy atom. The molecule has 90 valence electrons. The van der Waals surface area contributed by atoms with Gasteiger partial charge in [0.15, 0.2) is 0 Å². The number of aliphatic hydroxyl groups is 1. The van der Waals surface area contributed by atoms with Crippen molar-refractivity contribution in [1.82, 2.24) is 0 Å². The minimum Gasteiger partial charge on any atom is -0.390 e. The minimum atomic E-state index is -0.734. The smallest absolute Gasteiger partial charge is 0.0662 e. The number of benzene rings is 1. The Bertz CT molecular complexity index is 359. The monoisotopic (exact) mass is 260 g/mol. The molecule has 0 aromatic heterocycles. The highest BCUT2D eigenvalue weighted by molar-refractivity contribution is 6.33. The number of rotatable bonds is 4. The molecule has 1 aromatic carbocycles. The second kappa shape index (κ2) is 5.39. The Hall–Kier alpha value is -0.240. The molecule has 0 amide bonds. The van der Waals surface area contributed by atoms with E-state index in [0.717, 1.165) is 12.0 Å². The molecular weight excluding hydrogens is 243 g/mol. The van der Waals surface area contributed by atoms with Crippen LogP contribution < -0.4 is 0 Å². The zero-order valence-corrected chi connectivity index (χ0v) is 11.4. The molecule has 1 unspecified atom stereocenters. The fourth-order valence-electron chi connectivity index (χ4n) is 2.04. The van der Waals surface area contributed by atoms with Crippen LogP contribution in [-0.2, 0) is 6.42 Å². The molecule has 1 rings (SSSR count). The van der Waals surface area contributed by atoms with E-state index in [4.69, 9.17) is 23.2 Å². The highest BCUT2D eigenvalue weighted by atomic mass is 35.5. The van der Waals surface area contributed by atoms with Crippen LogP contribution in [-0.4, -0.2) is 10.7 Å². The largest absolute Gasteiger partial charge is 0.390 e. The van der Waals surface area contributed by atoms with E-state index >= 15 is 0 Å². The van der Waals surface area contributed by atoms with E-state index < -0.39 is 5.60 Å². The highest BCUT2D eigenvalue weighted by Crippen LogP contribution is 2.27. The third kappa shape index (κ3) is 4.32. The molecule has 16 heavy (non-hydrogen) atoms. The summed E-state index contributed by atoms with van der Waals surface area (Å²) < 4.78 is 0. The SMILES string of the molecule is CC(C)CC(C)(O)Cc1cc(Cl)ccc1Cl. The van der Waals surface area contributed by atoms with Gasteiger partial charge in [0.1, 0.15) is 0 Å². The van der Waals surface area contributed by atoms with E-state index in [-0.39, 0.29) is 0 Å². The van der Waals surface area contributed by atoms with Crippen molar-refractivity contribution < 1.29 is 5.11 Å². The van der Waals surface area contributed by atoms with Gasteiger partial charge in [-0.1, -0.05) is 37.0 Å².